The maximum Gasteiger partial charge on any atom is 0.251 e. The predicted molar refractivity (Wildman–Crippen MR) is 89.8 cm³/mol. The minimum absolute atomic E-state index is 0.111. The van der Waals surface area contributed by atoms with Gasteiger partial charge in [-0.15, -0.1) is 0 Å². The first kappa shape index (κ1) is 17.0. The largest absolute Gasteiger partial charge is 0.352 e. The molecular weight excluding hydrogens is 314 g/mol. The number of nitrogens with one attached hydrogen (secondary N) is 2. The Bertz CT molecular complexity index is 744. The molecule has 23 heavy (non-hydrogen) atoms. The van der Waals surface area contributed by atoms with Crippen molar-refractivity contribution in [2.45, 2.75) is 12.8 Å². The van der Waals surface area contributed by atoms with Gasteiger partial charge in [0.25, 0.3) is 5.91 Å². The van der Waals surface area contributed by atoms with E-state index in [-0.39, 0.29) is 5.91 Å². The lowest BCUT2D eigenvalue weighted by atomic mass is 10.1. The molecule has 0 aliphatic carbocycles. The summed E-state index contributed by atoms with van der Waals surface area (Å²) in [5.74, 6) is -0.111. The van der Waals surface area contributed by atoms with Crippen LogP contribution in [0.25, 0.3) is 0 Å². The minimum Gasteiger partial charge on any atom is -0.352 e. The number of benzene rings is 1. The second-order valence-electron chi connectivity index (χ2n) is 5.17. The summed E-state index contributed by atoms with van der Waals surface area (Å²) in [4.78, 5) is 15.7. The van der Waals surface area contributed by atoms with Crippen LogP contribution in [0.2, 0.25) is 0 Å². The SMILES string of the molecule is CS(=O)(=O)Nc1ccc(CCCNC(=O)c2ccncc2)cc1. The van der Waals surface area contributed by atoms with Crippen molar-refractivity contribution in [2.24, 2.45) is 0 Å². The van der Waals surface area contributed by atoms with Crippen LogP contribution in [-0.4, -0.2) is 32.1 Å². The standard InChI is InChI=1S/C16H19N3O3S/c1-23(21,22)19-15-6-4-13(5-7-15)3-2-10-18-16(20)14-8-11-17-12-9-14/h4-9,11-12,19H,2-3,10H2,1H3,(H,18,20). The van der Waals surface area contributed by atoms with Crippen LogP contribution in [0.15, 0.2) is 48.8 Å². The van der Waals surface area contributed by atoms with Gasteiger partial charge in [-0.25, -0.2) is 8.42 Å². The number of pyridine rings is 1. The smallest absolute Gasteiger partial charge is 0.251 e. The first-order chi connectivity index (χ1) is 10.9. The van der Waals surface area contributed by atoms with Gasteiger partial charge in [0.2, 0.25) is 10.0 Å². The molecule has 0 aliphatic heterocycles. The Balaban J connectivity index is 1.75. The number of sulfonamides is 1. The molecule has 122 valence electrons. The zero-order valence-electron chi connectivity index (χ0n) is 12.8. The Morgan fingerprint density at radius 2 is 1.74 bits per heavy atom. The molecule has 0 spiro atoms. The molecule has 0 fully saturated rings. The third kappa shape index (κ3) is 6.07. The van der Waals surface area contributed by atoms with Gasteiger partial charge in [-0.1, -0.05) is 12.1 Å². The van der Waals surface area contributed by atoms with Crippen molar-refractivity contribution >= 4 is 21.6 Å². The number of rotatable bonds is 7. The van der Waals surface area contributed by atoms with Crippen LogP contribution in [0.4, 0.5) is 5.69 Å². The van der Waals surface area contributed by atoms with Crippen molar-refractivity contribution in [1.82, 2.24) is 10.3 Å². The van der Waals surface area contributed by atoms with Gasteiger partial charge in [0, 0.05) is 30.2 Å². The second kappa shape index (κ2) is 7.73. The van der Waals surface area contributed by atoms with Crippen LogP contribution < -0.4 is 10.0 Å². The number of hydrogen-bond donors (Lipinski definition) is 2. The lowest BCUT2D eigenvalue weighted by Crippen LogP contribution is -2.24. The Morgan fingerprint density at radius 1 is 1.09 bits per heavy atom. The third-order valence-electron chi connectivity index (χ3n) is 3.13. The molecule has 2 aromatic rings. The normalized spacial score (nSPS) is 11.0. The molecule has 0 bridgehead atoms. The van der Waals surface area contributed by atoms with E-state index >= 15 is 0 Å². The average molecular weight is 333 g/mol. The molecule has 0 radical (unpaired) electrons. The Kier molecular flexibility index (Phi) is 5.70. The van der Waals surface area contributed by atoms with Crippen LogP contribution in [0.3, 0.4) is 0 Å². The summed E-state index contributed by atoms with van der Waals surface area (Å²) in [6, 6.07) is 10.5. The molecule has 1 heterocycles. The first-order valence-electron chi connectivity index (χ1n) is 7.19. The number of anilines is 1. The maximum absolute atomic E-state index is 11.8. The molecule has 0 saturated carbocycles. The molecule has 0 aliphatic rings. The summed E-state index contributed by atoms with van der Waals surface area (Å²) in [5, 5.41) is 2.85. The molecule has 0 atom stereocenters. The number of amides is 1. The van der Waals surface area contributed by atoms with Crippen LogP contribution in [0.5, 0.6) is 0 Å². The van der Waals surface area contributed by atoms with Gasteiger partial charge in [-0.3, -0.25) is 14.5 Å². The van der Waals surface area contributed by atoms with E-state index < -0.39 is 10.0 Å². The van der Waals surface area contributed by atoms with Gasteiger partial charge < -0.3 is 5.32 Å². The van der Waals surface area contributed by atoms with Gasteiger partial charge in [0.1, 0.15) is 0 Å². The van der Waals surface area contributed by atoms with E-state index in [1.54, 1.807) is 36.7 Å². The molecule has 2 N–H and O–H groups in total. The van der Waals surface area contributed by atoms with E-state index in [2.05, 4.69) is 15.0 Å². The fourth-order valence-electron chi connectivity index (χ4n) is 2.05. The van der Waals surface area contributed by atoms with Gasteiger partial charge in [0.15, 0.2) is 0 Å². The van der Waals surface area contributed by atoms with Gasteiger partial charge in [-0.2, -0.15) is 0 Å². The number of carbonyl (C=O) groups excluding carboxylic acids is 1. The summed E-state index contributed by atoms with van der Waals surface area (Å²) in [5.41, 5.74) is 2.22. The lowest BCUT2D eigenvalue weighted by Gasteiger charge is -2.07. The van der Waals surface area contributed by atoms with Crippen LogP contribution in [0.1, 0.15) is 22.3 Å². The van der Waals surface area contributed by atoms with E-state index in [9.17, 15) is 13.2 Å². The number of hydrogen-bond acceptors (Lipinski definition) is 4. The summed E-state index contributed by atoms with van der Waals surface area (Å²) in [7, 11) is -3.25. The van der Waals surface area contributed by atoms with E-state index in [0.29, 0.717) is 17.8 Å². The van der Waals surface area contributed by atoms with E-state index in [1.165, 1.54) is 0 Å². The zero-order valence-corrected chi connectivity index (χ0v) is 13.6. The monoisotopic (exact) mass is 333 g/mol. The van der Waals surface area contributed by atoms with Gasteiger partial charge in [-0.05, 0) is 42.7 Å². The maximum atomic E-state index is 11.8. The van der Waals surface area contributed by atoms with Crippen molar-refractivity contribution in [3.8, 4) is 0 Å². The third-order valence-corrected chi connectivity index (χ3v) is 3.73. The van der Waals surface area contributed by atoms with Crippen molar-refractivity contribution in [3.05, 3.63) is 59.9 Å². The highest BCUT2D eigenvalue weighted by atomic mass is 32.2. The topological polar surface area (TPSA) is 88.2 Å². The van der Waals surface area contributed by atoms with Crippen LogP contribution in [0, 0.1) is 0 Å². The fraction of sp³-hybridized carbons (Fsp3) is 0.250. The summed E-state index contributed by atoms with van der Waals surface area (Å²) in [6.45, 7) is 0.574. The first-order valence-corrected chi connectivity index (χ1v) is 9.08. The Labute approximate surface area is 136 Å². The Morgan fingerprint density at radius 3 is 2.35 bits per heavy atom. The molecule has 1 aromatic heterocycles. The highest BCUT2D eigenvalue weighted by Crippen LogP contribution is 2.12. The summed E-state index contributed by atoms with van der Waals surface area (Å²) in [6.07, 6.45) is 5.89. The van der Waals surface area contributed by atoms with E-state index in [1.807, 2.05) is 12.1 Å². The summed E-state index contributed by atoms with van der Waals surface area (Å²) < 4.78 is 24.7. The Hall–Kier alpha value is -2.41. The van der Waals surface area contributed by atoms with E-state index in [0.717, 1.165) is 24.7 Å². The highest BCUT2D eigenvalue weighted by Gasteiger charge is 2.04. The van der Waals surface area contributed by atoms with Gasteiger partial charge >= 0.3 is 0 Å². The number of carbonyl (C=O) groups is 1. The molecule has 0 saturated heterocycles. The molecule has 1 aromatic carbocycles. The number of aromatic nitrogens is 1. The zero-order chi connectivity index (χ0) is 16.7. The van der Waals surface area contributed by atoms with Crippen LogP contribution in [-0.2, 0) is 16.4 Å². The quantitative estimate of drug-likeness (QED) is 0.757. The molecule has 7 heteroatoms. The molecule has 1 amide bonds. The number of aryl methyl sites for hydroxylation is 1. The highest BCUT2D eigenvalue weighted by molar-refractivity contribution is 7.92. The second-order valence-corrected chi connectivity index (χ2v) is 6.91. The fourth-order valence-corrected chi connectivity index (χ4v) is 2.62. The molecule has 6 nitrogen and oxygen atoms in total. The average Bonchev–Trinajstić information content (AvgIpc) is 2.52. The lowest BCUT2D eigenvalue weighted by molar-refractivity contribution is 0.0953. The summed E-state index contributed by atoms with van der Waals surface area (Å²) >= 11 is 0. The van der Waals surface area contributed by atoms with E-state index in [4.69, 9.17) is 0 Å². The van der Waals surface area contributed by atoms with Crippen molar-refractivity contribution < 1.29 is 13.2 Å². The van der Waals surface area contributed by atoms with Crippen LogP contribution >= 0.6 is 0 Å². The molecule has 0 unspecified atom stereocenters. The van der Waals surface area contributed by atoms with Crippen molar-refractivity contribution in [1.29, 1.82) is 0 Å². The number of nitrogens with zero attached hydrogens (tertiary/aromatic N) is 1. The minimum atomic E-state index is -3.25. The van der Waals surface area contributed by atoms with Crippen molar-refractivity contribution in [2.75, 3.05) is 17.5 Å². The molecule has 2 rings (SSSR count). The molecular formula is C16H19N3O3S. The predicted octanol–water partition coefficient (Wildman–Crippen LogP) is 1.82. The van der Waals surface area contributed by atoms with Crippen molar-refractivity contribution in [3.63, 3.8) is 0 Å². The van der Waals surface area contributed by atoms with Gasteiger partial charge in [0.05, 0.1) is 6.26 Å².